The number of carbonyl (C=O) groups is 3. The molecule has 0 N–H and O–H groups in total. The zero-order valence-corrected chi connectivity index (χ0v) is 20.8. The van der Waals surface area contributed by atoms with Crippen molar-refractivity contribution in [2.75, 3.05) is 13.3 Å². The molecule has 1 fully saturated rings. The number of imide groups is 1. The third kappa shape index (κ3) is 7.12. The van der Waals surface area contributed by atoms with Crippen LogP contribution in [0.3, 0.4) is 0 Å². The van der Waals surface area contributed by atoms with Crippen molar-refractivity contribution in [3.8, 4) is 0 Å². The first kappa shape index (κ1) is 25.9. The number of hydrogen-bond donors (Lipinski definition) is 0. The first-order valence-electron chi connectivity index (χ1n) is 11.5. The lowest BCUT2D eigenvalue weighted by molar-refractivity contribution is -0.200. The molecular formula is C26H32NO6P. The van der Waals surface area contributed by atoms with Crippen LogP contribution in [0.25, 0.3) is 0 Å². The second-order valence-electron chi connectivity index (χ2n) is 9.14. The van der Waals surface area contributed by atoms with Crippen molar-refractivity contribution in [1.82, 2.24) is 5.06 Å². The van der Waals surface area contributed by atoms with E-state index >= 15 is 0 Å². The third-order valence-corrected chi connectivity index (χ3v) is 8.31. The summed E-state index contributed by atoms with van der Waals surface area (Å²) in [5.74, 6) is -2.44. The van der Waals surface area contributed by atoms with Gasteiger partial charge in [0.05, 0.1) is 5.92 Å². The molecule has 3 rings (SSSR count). The molecule has 182 valence electrons. The monoisotopic (exact) mass is 485 g/mol. The van der Waals surface area contributed by atoms with Crippen LogP contribution in [0.2, 0.25) is 0 Å². The second kappa shape index (κ2) is 11.6. The molecule has 2 amide bonds. The highest BCUT2D eigenvalue weighted by Crippen LogP contribution is 2.52. The van der Waals surface area contributed by atoms with Crippen LogP contribution in [0, 0.1) is 11.8 Å². The molecule has 2 aromatic rings. The Bertz CT molecular complexity index is 1030. The summed E-state index contributed by atoms with van der Waals surface area (Å²) in [5, 5.41) is 0.541. The van der Waals surface area contributed by atoms with Crippen molar-refractivity contribution < 1.29 is 28.3 Å². The van der Waals surface area contributed by atoms with Gasteiger partial charge in [-0.25, -0.2) is 4.79 Å². The van der Waals surface area contributed by atoms with Crippen molar-refractivity contribution in [3.63, 3.8) is 0 Å². The van der Waals surface area contributed by atoms with Gasteiger partial charge >= 0.3 is 5.97 Å². The van der Waals surface area contributed by atoms with E-state index in [1.165, 1.54) is 12.7 Å². The third-order valence-electron chi connectivity index (χ3n) is 5.81. The van der Waals surface area contributed by atoms with Crippen LogP contribution in [0.15, 0.2) is 54.6 Å². The van der Waals surface area contributed by atoms with E-state index in [1.807, 2.05) is 56.3 Å². The molecule has 0 aromatic heterocycles. The Morgan fingerprint density at radius 2 is 1.50 bits per heavy atom. The van der Waals surface area contributed by atoms with Gasteiger partial charge in [-0.15, -0.1) is 5.06 Å². The summed E-state index contributed by atoms with van der Waals surface area (Å²) < 4.78 is 19.1. The van der Waals surface area contributed by atoms with Gasteiger partial charge in [0, 0.05) is 32.3 Å². The maximum Gasteiger partial charge on any atom is 0.336 e. The standard InChI is InChI=1S/C26H32NO6P/c1-19(2)15-23(26(30)33-27-24(28)13-14-25(27)29)18-34(31,32-3)17-22-11-9-21(10-12-22)16-20-7-5-4-6-8-20/h4-12,19,23H,13-18H2,1-3H3. The Morgan fingerprint density at radius 3 is 2.06 bits per heavy atom. The maximum absolute atomic E-state index is 13.6. The van der Waals surface area contributed by atoms with Crippen molar-refractivity contribution in [3.05, 3.63) is 71.3 Å². The molecule has 34 heavy (non-hydrogen) atoms. The minimum absolute atomic E-state index is 0.0253. The summed E-state index contributed by atoms with van der Waals surface area (Å²) in [6.07, 6.45) is 1.41. The number of carbonyl (C=O) groups excluding carboxylic acids is 3. The zero-order valence-electron chi connectivity index (χ0n) is 19.9. The molecule has 0 bridgehead atoms. The van der Waals surface area contributed by atoms with Crippen LogP contribution >= 0.6 is 7.37 Å². The van der Waals surface area contributed by atoms with Crippen LogP contribution in [0.1, 0.15) is 49.8 Å². The highest BCUT2D eigenvalue weighted by Gasteiger charge is 2.38. The number of amides is 2. The van der Waals surface area contributed by atoms with E-state index in [9.17, 15) is 18.9 Å². The molecule has 0 radical (unpaired) electrons. The smallest absolute Gasteiger partial charge is 0.332 e. The Labute approximate surface area is 200 Å². The van der Waals surface area contributed by atoms with Crippen LogP contribution < -0.4 is 0 Å². The summed E-state index contributed by atoms with van der Waals surface area (Å²) in [6.45, 7) is 3.88. The zero-order chi connectivity index (χ0) is 24.7. The van der Waals surface area contributed by atoms with Gasteiger partial charge in [-0.2, -0.15) is 0 Å². The molecule has 2 atom stereocenters. The minimum atomic E-state index is -3.23. The predicted molar refractivity (Wildman–Crippen MR) is 129 cm³/mol. The van der Waals surface area contributed by atoms with Crippen molar-refractivity contribution in [1.29, 1.82) is 0 Å². The molecule has 7 nitrogen and oxygen atoms in total. The molecule has 1 heterocycles. The SMILES string of the molecule is COP(=O)(Cc1ccc(Cc2ccccc2)cc1)CC(CC(C)C)C(=O)ON1C(=O)CCC1=O. The lowest BCUT2D eigenvalue weighted by Crippen LogP contribution is -2.36. The van der Waals surface area contributed by atoms with E-state index in [4.69, 9.17) is 9.36 Å². The average Bonchev–Trinajstić information content (AvgIpc) is 3.12. The van der Waals surface area contributed by atoms with Gasteiger partial charge < -0.3 is 9.36 Å². The lowest BCUT2D eigenvalue weighted by Gasteiger charge is -2.24. The topological polar surface area (TPSA) is 90.0 Å². The Morgan fingerprint density at radius 1 is 0.941 bits per heavy atom. The number of hydrogen-bond acceptors (Lipinski definition) is 6. The maximum atomic E-state index is 13.6. The highest BCUT2D eigenvalue weighted by molar-refractivity contribution is 7.58. The van der Waals surface area contributed by atoms with E-state index in [0.29, 0.717) is 11.5 Å². The molecule has 1 aliphatic heterocycles. The van der Waals surface area contributed by atoms with Crippen LogP contribution in [-0.2, 0) is 40.9 Å². The predicted octanol–water partition coefficient (Wildman–Crippen LogP) is 4.97. The minimum Gasteiger partial charge on any atom is -0.332 e. The molecule has 1 saturated heterocycles. The van der Waals surface area contributed by atoms with E-state index in [2.05, 4.69) is 12.1 Å². The fourth-order valence-electron chi connectivity index (χ4n) is 4.05. The van der Waals surface area contributed by atoms with E-state index in [1.54, 1.807) is 0 Å². The van der Waals surface area contributed by atoms with Crippen molar-refractivity contribution in [2.24, 2.45) is 11.8 Å². The van der Waals surface area contributed by atoms with Gasteiger partial charge in [0.2, 0.25) is 7.37 Å². The van der Waals surface area contributed by atoms with Crippen LogP contribution in [0.4, 0.5) is 0 Å². The Kier molecular flexibility index (Phi) is 8.81. The number of hydroxylamine groups is 2. The highest BCUT2D eigenvalue weighted by atomic mass is 31.2. The molecule has 2 unspecified atom stereocenters. The van der Waals surface area contributed by atoms with Gasteiger partial charge in [0.25, 0.3) is 11.8 Å². The Balaban J connectivity index is 1.68. The summed E-state index contributed by atoms with van der Waals surface area (Å²) >= 11 is 0. The normalized spacial score (nSPS) is 16.5. The van der Waals surface area contributed by atoms with Gasteiger partial charge in [-0.05, 0) is 35.4 Å². The first-order valence-corrected chi connectivity index (χ1v) is 13.5. The van der Waals surface area contributed by atoms with Crippen molar-refractivity contribution in [2.45, 2.75) is 45.7 Å². The van der Waals surface area contributed by atoms with Crippen LogP contribution in [0.5, 0.6) is 0 Å². The van der Waals surface area contributed by atoms with Gasteiger partial charge in [-0.3, -0.25) is 14.2 Å². The number of rotatable bonds is 11. The lowest BCUT2D eigenvalue weighted by atomic mass is 9.99. The average molecular weight is 486 g/mol. The van der Waals surface area contributed by atoms with E-state index in [0.717, 1.165) is 17.5 Å². The van der Waals surface area contributed by atoms with E-state index in [-0.39, 0.29) is 31.1 Å². The van der Waals surface area contributed by atoms with Crippen molar-refractivity contribution >= 4 is 25.2 Å². The molecule has 8 heteroatoms. The number of benzene rings is 2. The molecular weight excluding hydrogens is 453 g/mol. The molecule has 0 aliphatic carbocycles. The summed E-state index contributed by atoms with van der Waals surface area (Å²) in [7, 11) is -1.85. The number of nitrogens with zero attached hydrogens (tertiary/aromatic N) is 1. The fraction of sp³-hybridized carbons (Fsp3) is 0.423. The molecule has 2 aromatic carbocycles. The molecule has 0 spiro atoms. The fourth-order valence-corrected chi connectivity index (χ4v) is 6.19. The van der Waals surface area contributed by atoms with E-state index < -0.39 is 31.1 Å². The van der Waals surface area contributed by atoms with Gasteiger partial charge in [0.15, 0.2) is 0 Å². The summed E-state index contributed by atoms with van der Waals surface area (Å²) in [6, 6.07) is 18.0. The van der Waals surface area contributed by atoms with Crippen LogP contribution in [-0.4, -0.2) is 36.1 Å². The Hall–Kier alpha value is -2.76. The molecule has 0 saturated carbocycles. The van der Waals surface area contributed by atoms with Gasteiger partial charge in [-0.1, -0.05) is 68.4 Å². The quantitative estimate of drug-likeness (QED) is 0.330. The second-order valence-corrected chi connectivity index (χ2v) is 11.8. The summed E-state index contributed by atoms with van der Waals surface area (Å²) in [4.78, 5) is 41.7. The largest absolute Gasteiger partial charge is 0.336 e. The first-order chi connectivity index (χ1) is 16.2. The van der Waals surface area contributed by atoms with Gasteiger partial charge in [0.1, 0.15) is 0 Å². The molecule has 1 aliphatic rings. The summed E-state index contributed by atoms with van der Waals surface area (Å²) in [5.41, 5.74) is 3.20.